The maximum absolute atomic E-state index is 12.9. The van der Waals surface area contributed by atoms with Crippen LogP contribution in [0.2, 0.25) is 0 Å². The highest BCUT2D eigenvalue weighted by molar-refractivity contribution is 8.00. The van der Waals surface area contributed by atoms with Gasteiger partial charge in [-0.2, -0.15) is 0 Å². The number of nitrogens with zero attached hydrogens (tertiary/aromatic N) is 4. The predicted octanol–water partition coefficient (Wildman–Crippen LogP) is 2.49. The van der Waals surface area contributed by atoms with Crippen LogP contribution < -0.4 is 0 Å². The van der Waals surface area contributed by atoms with Crippen LogP contribution >= 0.6 is 11.8 Å². The normalized spacial score (nSPS) is 16.6. The Labute approximate surface area is 166 Å². The first-order valence-electron chi connectivity index (χ1n) is 9.52. The first-order valence-corrected chi connectivity index (χ1v) is 10.4. The first-order chi connectivity index (χ1) is 13.6. The number of piperidine rings is 1. The Morgan fingerprint density at radius 1 is 1.32 bits per heavy atom. The molecule has 3 aromatic rings. The molecular formula is C19H23N5O3S. The fraction of sp³-hybridized carbons (Fsp3) is 0.474. The number of aromatic nitrogens is 4. The molecular weight excluding hydrogens is 378 g/mol. The van der Waals surface area contributed by atoms with E-state index < -0.39 is 0 Å². The largest absolute Gasteiger partial charge is 0.466 e. The van der Waals surface area contributed by atoms with Crippen LogP contribution in [0.1, 0.15) is 26.7 Å². The summed E-state index contributed by atoms with van der Waals surface area (Å²) in [4.78, 5) is 31.1. The summed E-state index contributed by atoms with van der Waals surface area (Å²) in [6, 6.07) is 7.84. The standard InChI is InChI=1S/C19H23N5O3S/c1-3-27-17(26)13-8-10-23(11-9-13)16(25)12(2)28-19-22-21-18-20-14-6-4-5-7-15(14)24(18)19/h4-7,12-13H,3,8-11H2,1-2H3,(H,20,21)/t12-/m1/s1. The Kier molecular flexibility index (Phi) is 5.25. The van der Waals surface area contributed by atoms with Crippen molar-refractivity contribution in [2.75, 3.05) is 19.7 Å². The molecule has 4 rings (SSSR count). The molecule has 1 aliphatic rings. The highest BCUT2D eigenvalue weighted by Gasteiger charge is 2.31. The van der Waals surface area contributed by atoms with Crippen molar-refractivity contribution in [1.29, 1.82) is 0 Å². The summed E-state index contributed by atoms with van der Waals surface area (Å²) >= 11 is 1.41. The van der Waals surface area contributed by atoms with Gasteiger partial charge in [0, 0.05) is 13.1 Å². The van der Waals surface area contributed by atoms with Crippen molar-refractivity contribution in [3.8, 4) is 0 Å². The SMILES string of the molecule is CCOC(=O)C1CCN(C(=O)[C@@H](C)Sc2n[nH]c3nc4ccccc4n23)CC1. The molecule has 0 aliphatic carbocycles. The van der Waals surface area contributed by atoms with Crippen molar-refractivity contribution in [2.45, 2.75) is 37.1 Å². The second-order valence-electron chi connectivity index (χ2n) is 6.88. The number of likely N-dealkylation sites (tertiary alicyclic amines) is 1. The number of imidazole rings is 1. The molecule has 1 aliphatic heterocycles. The number of benzene rings is 1. The van der Waals surface area contributed by atoms with Crippen molar-refractivity contribution in [3.63, 3.8) is 0 Å². The van der Waals surface area contributed by atoms with E-state index in [2.05, 4.69) is 15.2 Å². The number of thioether (sulfide) groups is 1. The first kappa shape index (κ1) is 18.8. The lowest BCUT2D eigenvalue weighted by Crippen LogP contribution is -2.43. The molecule has 1 saturated heterocycles. The minimum atomic E-state index is -0.285. The van der Waals surface area contributed by atoms with Crippen LogP contribution in [-0.4, -0.2) is 61.3 Å². The lowest BCUT2D eigenvalue weighted by Gasteiger charge is -2.32. The van der Waals surface area contributed by atoms with Crippen molar-refractivity contribution in [2.24, 2.45) is 5.92 Å². The molecule has 0 unspecified atom stereocenters. The summed E-state index contributed by atoms with van der Waals surface area (Å²) in [7, 11) is 0. The summed E-state index contributed by atoms with van der Waals surface area (Å²) in [6.45, 7) is 5.26. The number of fused-ring (bicyclic) bond motifs is 3. The number of amides is 1. The zero-order valence-corrected chi connectivity index (χ0v) is 16.7. The predicted molar refractivity (Wildman–Crippen MR) is 106 cm³/mol. The molecule has 2 aromatic heterocycles. The topological polar surface area (TPSA) is 92.6 Å². The molecule has 1 atom stereocenters. The second-order valence-corrected chi connectivity index (χ2v) is 8.19. The number of carbonyl (C=O) groups excluding carboxylic acids is 2. The van der Waals surface area contributed by atoms with E-state index in [-0.39, 0.29) is 23.0 Å². The second kappa shape index (κ2) is 7.83. The fourth-order valence-electron chi connectivity index (χ4n) is 3.58. The third-order valence-electron chi connectivity index (χ3n) is 5.06. The summed E-state index contributed by atoms with van der Waals surface area (Å²) in [5, 5.41) is 7.70. The molecule has 28 heavy (non-hydrogen) atoms. The highest BCUT2D eigenvalue weighted by Crippen LogP contribution is 2.28. The number of hydrogen-bond donors (Lipinski definition) is 1. The molecule has 1 fully saturated rings. The van der Waals surface area contributed by atoms with Gasteiger partial charge < -0.3 is 9.64 Å². The Morgan fingerprint density at radius 2 is 2.07 bits per heavy atom. The molecule has 9 heteroatoms. The van der Waals surface area contributed by atoms with Crippen molar-refractivity contribution >= 4 is 40.4 Å². The number of carbonyl (C=O) groups is 2. The summed E-state index contributed by atoms with van der Waals surface area (Å²) in [5.41, 5.74) is 1.85. The van der Waals surface area contributed by atoms with Crippen LogP contribution in [0.25, 0.3) is 16.8 Å². The molecule has 0 bridgehead atoms. The van der Waals surface area contributed by atoms with Gasteiger partial charge in [0.1, 0.15) is 0 Å². The minimum Gasteiger partial charge on any atom is -0.466 e. The summed E-state index contributed by atoms with van der Waals surface area (Å²) < 4.78 is 7.04. The van der Waals surface area contributed by atoms with Gasteiger partial charge in [-0.3, -0.25) is 14.0 Å². The van der Waals surface area contributed by atoms with Gasteiger partial charge in [-0.25, -0.2) is 10.1 Å². The van der Waals surface area contributed by atoms with Crippen LogP contribution in [0, 0.1) is 5.92 Å². The van der Waals surface area contributed by atoms with E-state index in [0.717, 1.165) is 11.0 Å². The van der Waals surface area contributed by atoms with Gasteiger partial charge >= 0.3 is 5.97 Å². The number of esters is 1. The third kappa shape index (κ3) is 3.46. The van der Waals surface area contributed by atoms with Gasteiger partial charge in [0.2, 0.25) is 11.7 Å². The van der Waals surface area contributed by atoms with Crippen molar-refractivity contribution < 1.29 is 14.3 Å². The lowest BCUT2D eigenvalue weighted by molar-refractivity contribution is -0.151. The zero-order valence-electron chi connectivity index (χ0n) is 15.9. The summed E-state index contributed by atoms with van der Waals surface area (Å²) in [6.07, 6.45) is 1.31. The number of ether oxygens (including phenoxy) is 1. The molecule has 1 aromatic carbocycles. The van der Waals surface area contributed by atoms with Gasteiger partial charge in [-0.05, 0) is 38.8 Å². The number of H-pyrrole nitrogens is 1. The van der Waals surface area contributed by atoms with Crippen LogP contribution in [0.15, 0.2) is 29.4 Å². The van der Waals surface area contributed by atoms with E-state index in [4.69, 9.17) is 4.74 Å². The van der Waals surface area contributed by atoms with Gasteiger partial charge in [-0.1, -0.05) is 23.9 Å². The number of hydrogen-bond acceptors (Lipinski definition) is 6. The molecule has 8 nitrogen and oxygen atoms in total. The van der Waals surface area contributed by atoms with Crippen LogP contribution in [-0.2, 0) is 14.3 Å². The van der Waals surface area contributed by atoms with E-state index in [1.807, 2.05) is 47.4 Å². The molecule has 0 saturated carbocycles. The number of aromatic amines is 1. The van der Waals surface area contributed by atoms with Gasteiger partial charge in [0.15, 0.2) is 5.16 Å². The van der Waals surface area contributed by atoms with Crippen LogP contribution in [0.5, 0.6) is 0 Å². The van der Waals surface area contributed by atoms with Gasteiger partial charge in [0.25, 0.3) is 0 Å². The minimum absolute atomic E-state index is 0.0629. The Hall–Kier alpha value is -2.55. The quantitative estimate of drug-likeness (QED) is 0.522. The average molecular weight is 401 g/mol. The lowest BCUT2D eigenvalue weighted by atomic mass is 9.97. The van der Waals surface area contributed by atoms with Crippen LogP contribution in [0.4, 0.5) is 0 Å². The van der Waals surface area contributed by atoms with Gasteiger partial charge in [0.05, 0.1) is 28.8 Å². The highest BCUT2D eigenvalue weighted by atomic mass is 32.2. The zero-order chi connectivity index (χ0) is 19.7. The maximum Gasteiger partial charge on any atom is 0.309 e. The molecule has 1 amide bonds. The van der Waals surface area contributed by atoms with E-state index >= 15 is 0 Å². The average Bonchev–Trinajstić information content (AvgIpc) is 3.27. The third-order valence-corrected chi connectivity index (χ3v) is 6.10. The van der Waals surface area contributed by atoms with E-state index in [9.17, 15) is 9.59 Å². The van der Waals surface area contributed by atoms with Crippen molar-refractivity contribution in [3.05, 3.63) is 24.3 Å². The van der Waals surface area contributed by atoms with E-state index in [1.54, 1.807) is 0 Å². The van der Waals surface area contributed by atoms with Crippen molar-refractivity contribution in [1.82, 2.24) is 24.5 Å². The molecule has 148 valence electrons. The molecule has 0 spiro atoms. The molecule has 3 heterocycles. The van der Waals surface area contributed by atoms with E-state index in [1.165, 1.54) is 11.8 Å². The molecule has 0 radical (unpaired) electrons. The number of para-hydroxylation sites is 2. The van der Waals surface area contributed by atoms with E-state index in [0.29, 0.717) is 43.5 Å². The smallest absolute Gasteiger partial charge is 0.309 e. The number of nitrogens with one attached hydrogen (secondary N) is 1. The Balaban J connectivity index is 1.43. The summed E-state index contributed by atoms with van der Waals surface area (Å²) in [5.74, 6) is 0.477. The Bertz CT molecular complexity index is 1010. The number of rotatable bonds is 5. The Morgan fingerprint density at radius 3 is 2.82 bits per heavy atom. The van der Waals surface area contributed by atoms with Gasteiger partial charge in [-0.15, -0.1) is 5.10 Å². The fourth-order valence-corrected chi connectivity index (χ4v) is 4.54. The molecule has 1 N–H and O–H groups in total. The monoisotopic (exact) mass is 401 g/mol. The maximum atomic E-state index is 12.9. The van der Waals surface area contributed by atoms with Crippen LogP contribution in [0.3, 0.4) is 0 Å².